The summed E-state index contributed by atoms with van der Waals surface area (Å²) in [6.07, 6.45) is 5.11. The molecule has 8 aromatic rings. The molecule has 18 heteroatoms. The van der Waals surface area contributed by atoms with Crippen LogP contribution in [0.4, 0.5) is 45.5 Å². The van der Waals surface area contributed by atoms with E-state index in [2.05, 4.69) is 363 Å². The number of nitrogens with zero attached hydrogens (tertiary/aromatic N) is 10. The molecule has 10 rings (SSSR count). The molecule has 12 nitrogen and oxygen atoms in total. The van der Waals surface area contributed by atoms with Crippen LogP contribution in [-0.4, -0.2) is 82.7 Å². The summed E-state index contributed by atoms with van der Waals surface area (Å²) in [5.41, 5.74) is 15.5. The Balaban J connectivity index is 0.000000415. The molecule has 0 aromatic heterocycles. The van der Waals surface area contributed by atoms with Gasteiger partial charge in [0.15, 0.2) is 0 Å². The standard InChI is InChI=1S/2C36H42N4.2C6H18NSi2.2C4H8O.2Nd/c2*1-23-15-11-16-24(2)31(23)39-33(35(5,6)7)37-28-21-13-19-27-20-14-22-29(30(27)28)38-34(36(8,9)10)40-32-25(3)17-12-18-26(32)4;2*1-8(2,3)7-9(4,5)6;2*1-2-4-5-3-1;;/h2*11-22H,1-10H3;2*1-6H3;2*1-4H2;;/q2*-2;2*-1;;;2*+3. The van der Waals surface area contributed by atoms with Gasteiger partial charge in [0.1, 0.15) is 0 Å². The van der Waals surface area contributed by atoms with Crippen LogP contribution in [0.5, 0.6) is 0 Å². The maximum absolute atomic E-state index is 5.23. The van der Waals surface area contributed by atoms with Crippen LogP contribution in [0.15, 0.2) is 166 Å². The quantitative estimate of drug-likeness (QED) is 0.0679. The first kappa shape index (κ1) is 99.8. The van der Waals surface area contributed by atoms with Gasteiger partial charge in [-0.2, -0.15) is 0 Å². The average Bonchev–Trinajstić information content (AvgIpc) is 0.866. The number of ether oxygens (including phenoxy) is 2. The molecular formula is C92H136N10Nd2O2Si4. The summed E-state index contributed by atoms with van der Waals surface area (Å²) in [6.45, 7) is 74.3. The number of hydrogen-bond donors (Lipinski definition) is 0. The Morgan fingerprint density at radius 2 is 0.518 bits per heavy atom. The number of rotatable bonds is 12. The molecule has 8 aromatic carbocycles. The third-order valence-electron chi connectivity index (χ3n) is 16.9. The fourth-order valence-corrected chi connectivity index (χ4v) is 28.4. The molecule has 2 fully saturated rings. The first-order valence-electron chi connectivity index (χ1n) is 39.1. The Hall–Kier alpha value is -4.43. The summed E-state index contributed by atoms with van der Waals surface area (Å²) in [5, 5.41) is 24.9. The monoisotopic (exact) mass is 1810 g/mol. The maximum Gasteiger partial charge on any atom is 3.00 e. The second-order valence-electron chi connectivity index (χ2n) is 37.0. The Kier molecular flexibility index (Phi) is 40.0. The van der Waals surface area contributed by atoms with Crippen molar-refractivity contribution in [1.29, 1.82) is 0 Å². The zero-order chi connectivity index (χ0) is 81.0. The third-order valence-corrected chi connectivity index (χ3v) is 27.7. The van der Waals surface area contributed by atoms with Gasteiger partial charge < -0.3 is 60.0 Å². The van der Waals surface area contributed by atoms with E-state index < -0.39 is 32.9 Å². The van der Waals surface area contributed by atoms with Crippen LogP contribution in [0.1, 0.15) is 153 Å². The van der Waals surface area contributed by atoms with Crippen molar-refractivity contribution >= 4 is 123 Å². The zero-order valence-corrected chi connectivity index (χ0v) is 84.2. The molecule has 110 heavy (non-hydrogen) atoms. The van der Waals surface area contributed by atoms with Gasteiger partial charge in [0.2, 0.25) is 0 Å². The van der Waals surface area contributed by atoms with Gasteiger partial charge in [-0.1, -0.05) is 364 Å². The van der Waals surface area contributed by atoms with Crippen molar-refractivity contribution in [3.8, 4) is 0 Å². The van der Waals surface area contributed by atoms with Gasteiger partial charge in [-0.25, -0.2) is 0 Å². The van der Waals surface area contributed by atoms with E-state index >= 15 is 0 Å². The largest absolute Gasteiger partial charge is 3.00 e. The summed E-state index contributed by atoms with van der Waals surface area (Å²) in [7, 11) is -4.42. The fraction of sp³-hybridized carbons (Fsp3) is 0.478. The first-order valence-corrected chi connectivity index (χ1v) is 52.9. The van der Waals surface area contributed by atoms with Gasteiger partial charge in [-0.3, -0.25) is 0 Å². The minimum Gasteiger partial charge on any atom is -0.668 e. The maximum atomic E-state index is 5.23. The van der Waals surface area contributed by atoms with Gasteiger partial charge in [0, 0.05) is 26.4 Å². The van der Waals surface area contributed by atoms with Crippen LogP contribution < -0.4 is 0 Å². The molecule has 2 saturated heterocycles. The van der Waals surface area contributed by atoms with E-state index in [1.165, 1.54) is 25.7 Å². The van der Waals surface area contributed by atoms with E-state index in [1.807, 2.05) is 0 Å². The van der Waals surface area contributed by atoms with Crippen molar-refractivity contribution in [3.63, 3.8) is 0 Å². The minimum absolute atomic E-state index is 0. The molecule has 0 unspecified atom stereocenters. The number of fused-ring (bicyclic) bond motifs is 2. The van der Waals surface area contributed by atoms with Crippen LogP contribution in [0.2, 0.25) is 78.6 Å². The third kappa shape index (κ3) is 34.6. The Morgan fingerprint density at radius 3 is 0.745 bits per heavy atom. The summed E-state index contributed by atoms with van der Waals surface area (Å²) in [6, 6.07) is 50.0. The number of benzene rings is 8. The van der Waals surface area contributed by atoms with Crippen LogP contribution in [0.3, 0.4) is 0 Å². The van der Waals surface area contributed by atoms with Crippen molar-refractivity contribution < 1.29 is 91.2 Å². The van der Waals surface area contributed by atoms with Gasteiger partial charge in [-0.05, 0) is 214 Å². The van der Waals surface area contributed by atoms with Gasteiger partial charge >= 0.3 is 81.7 Å². The molecule has 590 valence electrons. The summed E-state index contributed by atoms with van der Waals surface area (Å²) in [4.78, 5) is 20.7. The number of para-hydroxylation sites is 4. The normalized spacial score (nSPS) is 14.0. The van der Waals surface area contributed by atoms with E-state index in [4.69, 9.17) is 60.0 Å². The predicted octanol–water partition coefficient (Wildman–Crippen LogP) is 30.9. The molecule has 2 radical (unpaired) electrons. The number of aliphatic imine (C=N–C) groups is 4. The molecule has 0 aliphatic carbocycles. The minimum atomic E-state index is -1.11. The van der Waals surface area contributed by atoms with Crippen LogP contribution in [0, 0.1) is 159 Å². The molecule has 0 amide bonds. The average molecular weight is 1810 g/mol. The van der Waals surface area contributed by atoms with Crippen LogP contribution in [-0.2, 0) is 9.47 Å². The van der Waals surface area contributed by atoms with Crippen molar-refractivity contribution in [3.05, 3.63) is 221 Å². The number of amidine groups is 4. The van der Waals surface area contributed by atoms with Crippen LogP contribution in [0.25, 0.3) is 52.1 Å². The first-order chi connectivity index (χ1) is 49.9. The number of aryl methyl sites for hydroxylation is 8. The molecule has 2 heterocycles. The van der Waals surface area contributed by atoms with Gasteiger partial charge in [0.25, 0.3) is 0 Å². The molecular weight excluding hydrogens is 1680 g/mol. The van der Waals surface area contributed by atoms with E-state index in [-0.39, 0.29) is 103 Å². The molecule has 0 atom stereocenters. The fourth-order valence-electron chi connectivity index (χ4n) is 12.3. The molecule has 0 spiro atoms. The van der Waals surface area contributed by atoms with Gasteiger partial charge in [-0.15, -0.1) is 0 Å². The molecule has 0 N–H and O–H groups in total. The second kappa shape index (κ2) is 44.1. The molecule has 0 saturated carbocycles. The number of hydrogen-bond acceptors (Lipinski definition) is 6. The van der Waals surface area contributed by atoms with Crippen molar-refractivity contribution in [2.45, 2.75) is 243 Å². The zero-order valence-electron chi connectivity index (χ0n) is 73.8. The van der Waals surface area contributed by atoms with Gasteiger partial charge in [0.05, 0.1) is 0 Å². The van der Waals surface area contributed by atoms with Crippen LogP contribution >= 0.6 is 0 Å². The molecule has 2 aliphatic heterocycles. The summed E-state index contributed by atoms with van der Waals surface area (Å²) >= 11 is 0. The topological polar surface area (TPSA) is 152 Å². The van der Waals surface area contributed by atoms with E-state index in [0.717, 1.165) is 161 Å². The molecule has 2 aliphatic rings. The van der Waals surface area contributed by atoms with E-state index in [0.29, 0.717) is 0 Å². The van der Waals surface area contributed by atoms with Crippen molar-refractivity contribution in [2.24, 2.45) is 41.6 Å². The smallest absolute Gasteiger partial charge is 0.668 e. The Morgan fingerprint density at radius 1 is 0.291 bits per heavy atom. The van der Waals surface area contributed by atoms with Crippen molar-refractivity contribution in [2.75, 3.05) is 26.4 Å². The molecule has 0 bridgehead atoms. The Labute approximate surface area is 738 Å². The second-order valence-corrected chi connectivity index (χ2v) is 56.2. The summed E-state index contributed by atoms with van der Waals surface area (Å²) < 4.78 is 19.5. The van der Waals surface area contributed by atoms with E-state index in [1.54, 1.807) is 0 Å². The van der Waals surface area contributed by atoms with Crippen molar-refractivity contribution in [1.82, 2.24) is 0 Å². The van der Waals surface area contributed by atoms with E-state index in [9.17, 15) is 0 Å². The predicted molar refractivity (Wildman–Crippen MR) is 490 cm³/mol. The summed E-state index contributed by atoms with van der Waals surface area (Å²) in [5.74, 6) is 3.14. The Bertz CT molecular complexity index is 3980. The SMILES string of the molecule is C1CCOC1.C1CCOC1.C[Si](C)(C)[N-][Si](C)(C)C.C[Si](C)(C)[N-][Si](C)(C)C.Cc1cccc(C)c1N=C([N-]c1cccc2cccc([N-]C(=Nc3c(C)cccc3C)C(C)(C)C)c12)C(C)(C)C.Cc1cccc(C)c1[N-]C(=Nc1cccc2cccc(N=C([N-]c3c(C)cccc3C)C(C)(C)C)c12)C(C)(C)C.[Nd+3].[Nd+3].